The van der Waals surface area contributed by atoms with Gasteiger partial charge in [-0.05, 0) is 42.2 Å². The molecule has 0 aliphatic carbocycles. The first kappa shape index (κ1) is 31.5. The number of benzene rings is 3. The molecule has 1 aliphatic rings. The molecule has 4 rings (SSSR count). The third kappa shape index (κ3) is 9.43. The number of aryl methyl sites for hydroxylation is 1. The quantitative estimate of drug-likeness (QED) is 0.350. The van der Waals surface area contributed by atoms with Crippen LogP contribution in [0.25, 0.3) is 5.76 Å². The van der Waals surface area contributed by atoms with Gasteiger partial charge in [-0.2, -0.15) is 0 Å². The van der Waals surface area contributed by atoms with Gasteiger partial charge in [0.25, 0.3) is 0 Å². The first-order chi connectivity index (χ1) is 17.7. The fourth-order valence-corrected chi connectivity index (χ4v) is 3.51. The molecule has 0 saturated heterocycles. The van der Waals surface area contributed by atoms with Gasteiger partial charge in [-0.25, -0.2) is 0 Å². The molecule has 0 bridgehead atoms. The van der Waals surface area contributed by atoms with Gasteiger partial charge in [-0.15, -0.1) is 0 Å². The zero-order valence-corrected chi connectivity index (χ0v) is 23.8. The minimum atomic E-state index is -0.359. The summed E-state index contributed by atoms with van der Waals surface area (Å²) in [5.41, 5.74) is 6.11. The van der Waals surface area contributed by atoms with E-state index < -0.39 is 0 Å². The SMILES string of the molecule is CC.CNc1ccc(C2=C(C(C)=O)NC(c3ccc(C(C)(C)C)cc3)O2)cc1.CO.Cc1ccccc1. The van der Waals surface area contributed by atoms with Crippen LogP contribution < -0.4 is 10.6 Å². The average Bonchev–Trinajstić information content (AvgIpc) is 3.38. The number of allylic oxidation sites excluding steroid dienone is 1. The van der Waals surface area contributed by atoms with Gasteiger partial charge in [-0.3, -0.25) is 4.79 Å². The number of hydrogen-bond acceptors (Lipinski definition) is 5. The summed E-state index contributed by atoms with van der Waals surface area (Å²) in [6, 6.07) is 26.5. The highest BCUT2D eigenvalue weighted by Gasteiger charge is 2.29. The number of Topliss-reactive ketones (excluding diaryl/α,β-unsaturated/α-hetero) is 1. The van der Waals surface area contributed by atoms with Gasteiger partial charge in [0.2, 0.25) is 0 Å². The summed E-state index contributed by atoms with van der Waals surface area (Å²) in [4.78, 5) is 12.1. The van der Waals surface area contributed by atoms with Crippen molar-refractivity contribution in [3.05, 3.63) is 107 Å². The molecule has 1 aliphatic heterocycles. The third-order valence-corrected chi connectivity index (χ3v) is 5.55. The topological polar surface area (TPSA) is 70.6 Å². The smallest absolute Gasteiger partial charge is 0.196 e. The highest BCUT2D eigenvalue weighted by molar-refractivity contribution is 6.00. The number of nitrogens with one attached hydrogen (secondary N) is 2. The van der Waals surface area contributed by atoms with Crippen molar-refractivity contribution in [2.24, 2.45) is 0 Å². The summed E-state index contributed by atoms with van der Waals surface area (Å²) in [5.74, 6) is 0.566. The van der Waals surface area contributed by atoms with E-state index >= 15 is 0 Å². The van der Waals surface area contributed by atoms with Crippen molar-refractivity contribution in [2.75, 3.05) is 19.5 Å². The van der Waals surface area contributed by atoms with Crippen molar-refractivity contribution in [2.45, 2.75) is 60.1 Å². The molecular weight excluding hydrogens is 460 g/mol. The Balaban J connectivity index is 0.000000525. The summed E-state index contributed by atoms with van der Waals surface area (Å²) < 4.78 is 6.13. The molecule has 37 heavy (non-hydrogen) atoms. The molecule has 3 aromatic carbocycles. The highest BCUT2D eigenvalue weighted by Crippen LogP contribution is 2.34. The lowest BCUT2D eigenvalue weighted by Crippen LogP contribution is -2.19. The molecule has 0 spiro atoms. The number of ketones is 1. The van der Waals surface area contributed by atoms with Crippen molar-refractivity contribution in [3.8, 4) is 0 Å². The molecule has 0 aromatic heterocycles. The molecule has 200 valence electrons. The third-order valence-electron chi connectivity index (χ3n) is 5.55. The first-order valence-electron chi connectivity index (χ1n) is 12.7. The minimum absolute atomic E-state index is 0.0356. The molecule has 0 amide bonds. The summed E-state index contributed by atoms with van der Waals surface area (Å²) in [6.07, 6.45) is -0.359. The molecule has 3 N–H and O–H groups in total. The van der Waals surface area contributed by atoms with Crippen LogP contribution in [0.1, 0.15) is 70.0 Å². The fraction of sp³-hybridized carbons (Fsp3) is 0.344. The Labute approximate surface area is 223 Å². The molecule has 1 unspecified atom stereocenters. The van der Waals surface area contributed by atoms with E-state index in [2.05, 4.69) is 74.7 Å². The Morgan fingerprint density at radius 2 is 1.43 bits per heavy atom. The van der Waals surface area contributed by atoms with Crippen LogP contribution in [0.15, 0.2) is 84.6 Å². The van der Waals surface area contributed by atoms with Crippen molar-refractivity contribution in [3.63, 3.8) is 0 Å². The molecule has 5 nitrogen and oxygen atoms in total. The van der Waals surface area contributed by atoms with Gasteiger partial charge in [0.05, 0.1) is 0 Å². The number of carbonyl (C=O) groups excluding carboxylic acids is 1. The summed E-state index contributed by atoms with van der Waals surface area (Å²) in [7, 11) is 2.88. The van der Waals surface area contributed by atoms with Crippen LogP contribution in [0.2, 0.25) is 0 Å². The van der Waals surface area contributed by atoms with Gasteiger partial charge in [0.1, 0.15) is 5.70 Å². The summed E-state index contributed by atoms with van der Waals surface area (Å²) in [6.45, 7) is 14.2. The number of anilines is 1. The zero-order valence-electron chi connectivity index (χ0n) is 23.8. The molecular formula is C32H44N2O3. The lowest BCUT2D eigenvalue weighted by Gasteiger charge is -2.20. The van der Waals surface area contributed by atoms with E-state index in [1.165, 1.54) is 11.1 Å². The van der Waals surface area contributed by atoms with E-state index in [1.807, 2.05) is 63.4 Å². The van der Waals surface area contributed by atoms with E-state index in [-0.39, 0.29) is 17.4 Å². The van der Waals surface area contributed by atoms with Crippen molar-refractivity contribution in [1.82, 2.24) is 5.32 Å². The van der Waals surface area contributed by atoms with Gasteiger partial charge in [0, 0.05) is 37.9 Å². The lowest BCUT2D eigenvalue weighted by atomic mass is 9.86. The highest BCUT2D eigenvalue weighted by atomic mass is 16.5. The number of aliphatic hydroxyl groups is 1. The summed E-state index contributed by atoms with van der Waals surface area (Å²) in [5, 5.41) is 13.3. The van der Waals surface area contributed by atoms with E-state index in [0.717, 1.165) is 23.9 Å². The van der Waals surface area contributed by atoms with Gasteiger partial charge in [-0.1, -0.05) is 94.8 Å². The predicted octanol–water partition coefficient (Wildman–Crippen LogP) is 7.23. The lowest BCUT2D eigenvalue weighted by molar-refractivity contribution is -0.113. The van der Waals surface area contributed by atoms with Crippen LogP contribution in [0.5, 0.6) is 0 Å². The van der Waals surface area contributed by atoms with Gasteiger partial charge in [0.15, 0.2) is 17.8 Å². The normalized spacial score (nSPS) is 13.8. The number of aliphatic hydroxyl groups excluding tert-OH is 1. The van der Waals surface area contributed by atoms with Crippen LogP contribution in [-0.2, 0) is 14.9 Å². The zero-order chi connectivity index (χ0) is 28.0. The van der Waals surface area contributed by atoms with Crippen LogP contribution in [-0.4, -0.2) is 25.0 Å². The number of rotatable bonds is 4. The Morgan fingerprint density at radius 3 is 1.84 bits per heavy atom. The maximum atomic E-state index is 12.1. The fourth-order valence-electron chi connectivity index (χ4n) is 3.51. The van der Waals surface area contributed by atoms with Crippen molar-refractivity contribution in [1.29, 1.82) is 0 Å². The molecule has 1 heterocycles. The second kappa shape index (κ2) is 15.5. The molecule has 1 atom stereocenters. The first-order valence-corrected chi connectivity index (χ1v) is 12.7. The minimum Gasteiger partial charge on any atom is -0.464 e. The van der Waals surface area contributed by atoms with Crippen LogP contribution in [0, 0.1) is 6.92 Å². The Kier molecular flexibility index (Phi) is 13.2. The van der Waals surface area contributed by atoms with Crippen molar-refractivity contribution < 1.29 is 14.6 Å². The van der Waals surface area contributed by atoms with E-state index in [1.54, 1.807) is 6.92 Å². The standard InChI is InChI=1S/C22H26N2O2.C7H8.C2H6.CH4O/c1-14(25)19-20(15-8-12-18(23-5)13-9-15)26-21(24-19)16-6-10-17(11-7-16)22(2,3)4;1-7-5-3-2-4-6-7;2*1-2/h6-13,21,23-24H,1-5H3;2-6H,1H3;1-2H3;2H,1H3. The van der Waals surface area contributed by atoms with Gasteiger partial charge >= 0.3 is 0 Å². The number of hydrogen-bond donors (Lipinski definition) is 3. The van der Waals surface area contributed by atoms with Gasteiger partial charge < -0.3 is 20.5 Å². The van der Waals surface area contributed by atoms with Crippen LogP contribution >= 0.6 is 0 Å². The Bertz CT molecular complexity index is 1100. The maximum Gasteiger partial charge on any atom is 0.196 e. The summed E-state index contributed by atoms with van der Waals surface area (Å²) >= 11 is 0. The molecule has 5 heteroatoms. The maximum absolute atomic E-state index is 12.1. The second-order valence-corrected chi connectivity index (χ2v) is 9.26. The molecule has 0 saturated carbocycles. The van der Waals surface area contributed by atoms with E-state index in [4.69, 9.17) is 9.84 Å². The largest absolute Gasteiger partial charge is 0.464 e. The van der Waals surface area contributed by atoms with Crippen LogP contribution in [0.4, 0.5) is 5.69 Å². The second-order valence-electron chi connectivity index (χ2n) is 9.26. The number of carbonyl (C=O) groups is 1. The Morgan fingerprint density at radius 1 is 0.892 bits per heavy atom. The monoisotopic (exact) mass is 504 g/mol. The molecule has 0 radical (unpaired) electrons. The molecule has 0 fully saturated rings. The number of ether oxygens (including phenoxy) is 1. The molecule has 3 aromatic rings. The van der Waals surface area contributed by atoms with Crippen molar-refractivity contribution >= 4 is 17.2 Å². The van der Waals surface area contributed by atoms with E-state index in [0.29, 0.717) is 11.5 Å². The average molecular weight is 505 g/mol. The van der Waals surface area contributed by atoms with Crippen LogP contribution in [0.3, 0.4) is 0 Å². The Hall–Kier alpha value is -3.57. The predicted molar refractivity (Wildman–Crippen MR) is 156 cm³/mol. The van der Waals surface area contributed by atoms with E-state index in [9.17, 15) is 4.79 Å².